The first kappa shape index (κ1) is 38.8. The van der Waals surface area contributed by atoms with Crippen LogP contribution in [0.5, 0.6) is 0 Å². The molecule has 1 aromatic rings. The number of rotatable bonds is 6. The Kier molecular flexibility index (Phi) is 8.50. The summed E-state index contributed by atoms with van der Waals surface area (Å²) in [6.07, 6.45) is 15.3. The smallest absolute Gasteiger partial charge is 0.339 e. The number of esters is 2. The van der Waals surface area contributed by atoms with Gasteiger partial charge in [-0.1, -0.05) is 64.0 Å². The second kappa shape index (κ2) is 13.1. The number of carbonyl (C=O) groups excluding carboxylic acids is 3. The topological polar surface area (TPSA) is 103 Å². The summed E-state index contributed by atoms with van der Waals surface area (Å²) in [5, 5.41) is 0. The summed E-state index contributed by atoms with van der Waals surface area (Å²) in [6, 6.07) is 7.59. The maximum absolute atomic E-state index is 16.0. The number of hydrogen-bond donors (Lipinski definition) is 2. The molecule has 3 N–H and O–H groups in total. The lowest BCUT2D eigenvalue weighted by molar-refractivity contribution is -0.976. The van der Waals surface area contributed by atoms with Crippen LogP contribution < -0.4 is 10.6 Å². The van der Waals surface area contributed by atoms with Crippen LogP contribution in [-0.2, 0) is 31.1 Å². The number of quaternary nitrogens is 1. The highest BCUT2D eigenvalue weighted by molar-refractivity contribution is 6.03. The van der Waals surface area contributed by atoms with Crippen LogP contribution in [-0.4, -0.2) is 73.0 Å². The first-order valence-corrected chi connectivity index (χ1v) is 24.7. The minimum absolute atomic E-state index is 0.0326. The minimum Gasteiger partial charge on any atom is -0.453 e. The zero-order valence-electron chi connectivity index (χ0n) is 37.0. The number of hydrogen-bond acceptors (Lipinski definition) is 7. The summed E-state index contributed by atoms with van der Waals surface area (Å²) >= 11 is 0. The van der Waals surface area contributed by atoms with Gasteiger partial charge in [-0.05, 0) is 124 Å². The molecule has 5 aliphatic carbocycles. The number of ether oxygens (including phenoxy) is 2. The molecular weight excluding hydrogens is 747 g/mol. The fourth-order valence-corrected chi connectivity index (χ4v) is 18.0. The number of aryl methyl sites for hydroxylation is 1. The highest BCUT2D eigenvalue weighted by Crippen LogP contribution is 2.87. The Morgan fingerprint density at radius 2 is 1.88 bits per heavy atom. The second-order valence-electron chi connectivity index (χ2n) is 23.4. The highest BCUT2D eigenvalue weighted by Gasteiger charge is 2.95. The van der Waals surface area contributed by atoms with Crippen LogP contribution in [0.3, 0.4) is 0 Å². The third kappa shape index (κ3) is 4.68. The average Bonchev–Trinajstić information content (AvgIpc) is 3.68. The highest BCUT2D eigenvalue weighted by atomic mass is 16.6. The van der Waals surface area contributed by atoms with Crippen molar-refractivity contribution >= 4 is 17.7 Å². The number of Topliss-reactive ketones (excluding diaryl/α,β-unsaturated/α-hetero) is 1. The van der Waals surface area contributed by atoms with Gasteiger partial charge in [0.25, 0.3) is 0 Å². The molecule has 8 heteroatoms. The lowest BCUT2D eigenvalue weighted by atomic mass is 9.26. The molecule has 12 bridgehead atoms. The molecule has 0 radical (unpaired) electrons. The van der Waals surface area contributed by atoms with Gasteiger partial charge in [0.15, 0.2) is 17.5 Å². The van der Waals surface area contributed by atoms with E-state index in [1.165, 1.54) is 43.4 Å². The van der Waals surface area contributed by atoms with Crippen LogP contribution in [0, 0.1) is 63.6 Å². The van der Waals surface area contributed by atoms with E-state index in [0.29, 0.717) is 84.9 Å². The zero-order chi connectivity index (χ0) is 41.2. The summed E-state index contributed by atoms with van der Waals surface area (Å²) in [5.74, 6) is 3.24. The Morgan fingerprint density at radius 3 is 2.70 bits per heavy atom. The molecule has 60 heavy (non-hydrogen) atoms. The summed E-state index contributed by atoms with van der Waals surface area (Å²) in [5.41, 5.74) is 9.56. The van der Waals surface area contributed by atoms with E-state index >= 15 is 9.59 Å². The van der Waals surface area contributed by atoms with Gasteiger partial charge < -0.3 is 20.1 Å². The van der Waals surface area contributed by atoms with Gasteiger partial charge in [-0.25, -0.2) is 4.79 Å². The minimum atomic E-state index is -1.14. The number of piperidine rings is 3. The maximum Gasteiger partial charge on any atom is 0.339 e. The number of carbonyl (C=O) groups is 3. The third-order valence-corrected chi connectivity index (χ3v) is 20.2. The van der Waals surface area contributed by atoms with Gasteiger partial charge in [0.05, 0.1) is 29.6 Å². The predicted molar refractivity (Wildman–Crippen MR) is 229 cm³/mol. The number of nitrogens with two attached hydrogens (primary N) is 1. The first-order chi connectivity index (χ1) is 28.9. The Balaban J connectivity index is 1.14. The van der Waals surface area contributed by atoms with Crippen molar-refractivity contribution in [1.29, 1.82) is 0 Å². The molecule has 14 aliphatic rings. The molecular formula is C52H70N3O5+. The lowest BCUT2D eigenvalue weighted by Crippen LogP contribution is -3.24. The predicted octanol–water partition coefficient (Wildman–Crippen LogP) is 6.75. The summed E-state index contributed by atoms with van der Waals surface area (Å²) in [4.78, 5) is 51.0. The van der Waals surface area contributed by atoms with Crippen LogP contribution in [0.15, 0.2) is 41.0 Å². The molecule has 3 saturated carbocycles. The molecule has 6 saturated heterocycles. The molecule has 9 aliphatic heterocycles. The standard InChI is InChI=1S/C52H69N3O5/c1-28(2)13-16-49(5)17-14-33-23-37-29(3)20-34-11-12-39-35-22-31-25-54(27-35)30(4)21-40(56)46-50-18-15-36(43(37)45(34)55(39)26-31)44(33)51(50,48(58)59-46)41(24-49)52(50)38-10-6-8-32(9-7-19-53)42(38)47(57)60-52/h6,8,10,23,28-31,34-35,37,39,41,43,45-46H,7,9,11-22,24-27,53H2,1-5H3/p+1. The Morgan fingerprint density at radius 1 is 1.03 bits per heavy atom. The van der Waals surface area contributed by atoms with E-state index in [2.05, 4.69) is 63.8 Å². The van der Waals surface area contributed by atoms with Crippen molar-refractivity contribution in [2.24, 2.45) is 69.3 Å². The van der Waals surface area contributed by atoms with Crippen LogP contribution >= 0.6 is 0 Å². The molecule has 0 aromatic heterocycles. The summed E-state index contributed by atoms with van der Waals surface area (Å²) in [6.45, 7) is 15.8. The molecule has 17 atom stereocenters. The van der Waals surface area contributed by atoms with E-state index in [9.17, 15) is 4.79 Å². The van der Waals surface area contributed by atoms with Gasteiger partial charge >= 0.3 is 11.9 Å². The van der Waals surface area contributed by atoms with Crippen LogP contribution in [0.25, 0.3) is 0 Å². The van der Waals surface area contributed by atoms with E-state index in [0.717, 1.165) is 69.2 Å². The fraction of sp³-hybridized carbons (Fsp3) is 0.750. The van der Waals surface area contributed by atoms with Gasteiger partial charge in [-0.2, -0.15) is 0 Å². The molecule has 8 nitrogen and oxygen atoms in total. The van der Waals surface area contributed by atoms with E-state index in [1.807, 2.05) is 4.90 Å². The normalized spacial score (nSPS) is 49.0. The number of nitrogens with one attached hydrogen (secondary N) is 1. The summed E-state index contributed by atoms with van der Waals surface area (Å²) in [7, 11) is 0. The van der Waals surface area contributed by atoms with Crippen molar-refractivity contribution in [3.63, 3.8) is 0 Å². The third-order valence-electron chi connectivity index (χ3n) is 20.2. The van der Waals surface area contributed by atoms with E-state index in [1.54, 1.807) is 5.57 Å². The van der Waals surface area contributed by atoms with Gasteiger partial charge in [0.1, 0.15) is 5.41 Å². The Labute approximate surface area is 357 Å². The first-order valence-electron chi connectivity index (χ1n) is 24.7. The molecule has 17 unspecified atom stereocenters. The largest absolute Gasteiger partial charge is 0.453 e. The molecule has 3 spiro atoms. The van der Waals surface area contributed by atoms with Crippen LogP contribution in [0.1, 0.15) is 140 Å². The number of nitrogens with zero attached hydrogens (tertiary/aromatic N) is 1. The molecule has 15 rings (SSSR count). The average molecular weight is 817 g/mol. The van der Waals surface area contributed by atoms with Crippen molar-refractivity contribution in [3.05, 3.63) is 57.7 Å². The molecule has 1 aromatic carbocycles. The van der Waals surface area contributed by atoms with E-state index in [-0.39, 0.29) is 35.1 Å². The maximum atomic E-state index is 16.0. The number of fused-ring (bicyclic) bond motifs is 3. The SMILES string of the molecule is CC(C)CCC1(C)CCC2=CC3C(C)CC4CCC5C6CC7CN(C6)C(C)CC(=O)C6OC(=O)C89C2=C(CCC68C2(OC(=O)c6c(CCCN)cccc62)C9C1)C3C4[NH+]5C7. The molecule has 0 amide bonds. The lowest BCUT2D eigenvalue weighted by Gasteiger charge is -2.74. The quantitative estimate of drug-likeness (QED) is 0.307. The Bertz CT molecular complexity index is 2130. The van der Waals surface area contributed by atoms with Crippen LogP contribution in [0.4, 0.5) is 0 Å². The number of benzene rings is 1. The van der Waals surface area contributed by atoms with E-state index in [4.69, 9.17) is 15.2 Å². The van der Waals surface area contributed by atoms with Crippen molar-refractivity contribution in [1.82, 2.24) is 4.90 Å². The summed E-state index contributed by atoms with van der Waals surface area (Å²) < 4.78 is 14.2. The van der Waals surface area contributed by atoms with Crippen molar-refractivity contribution in [2.45, 2.75) is 154 Å². The zero-order valence-corrected chi connectivity index (χ0v) is 37.0. The van der Waals surface area contributed by atoms with E-state index < -0.39 is 22.5 Å². The molecule has 322 valence electrons. The monoisotopic (exact) mass is 817 g/mol. The second-order valence-corrected chi connectivity index (χ2v) is 23.4. The van der Waals surface area contributed by atoms with Gasteiger partial charge in [-0.3, -0.25) is 14.5 Å². The number of allylic oxidation sites excluding steroid dienone is 2. The Hall–Kier alpha value is -2.81. The van der Waals surface area contributed by atoms with Gasteiger partial charge in [0.2, 0.25) is 0 Å². The van der Waals surface area contributed by atoms with Crippen molar-refractivity contribution < 1.29 is 28.8 Å². The number of ketones is 1. The van der Waals surface area contributed by atoms with Gasteiger partial charge in [0, 0.05) is 67.1 Å². The van der Waals surface area contributed by atoms with Crippen LogP contribution in [0.2, 0.25) is 0 Å². The van der Waals surface area contributed by atoms with Crippen molar-refractivity contribution in [2.75, 3.05) is 26.2 Å². The van der Waals surface area contributed by atoms with Crippen molar-refractivity contribution in [3.8, 4) is 0 Å². The molecule has 9 heterocycles. The molecule has 9 fully saturated rings. The van der Waals surface area contributed by atoms with Gasteiger partial charge in [-0.15, -0.1) is 0 Å². The fourth-order valence-electron chi connectivity index (χ4n) is 18.0.